The Morgan fingerprint density at radius 1 is 1.18 bits per heavy atom. The molecule has 178 valence electrons. The fourth-order valence-electron chi connectivity index (χ4n) is 3.65. The highest BCUT2D eigenvalue weighted by Crippen LogP contribution is 2.32. The Hall–Kier alpha value is -3.01. The number of hydrogen-bond acceptors (Lipinski definition) is 6. The molecule has 1 aromatic carbocycles. The number of aryl methyl sites for hydroxylation is 2. The Morgan fingerprint density at radius 2 is 1.91 bits per heavy atom. The number of nitrogens with zero attached hydrogens (tertiary/aromatic N) is 3. The standard InChI is InChI=1S/C15H22O3.C9H11N5O/c1-3-13(16)14(17)9-15(2,18)12-7-6-10-4-5-11(10)8-12;1-14(2)9(15)13-8-6-3-4-10-7(6)11-5-12-8/h6-8,13-14,16-18H,3-5,9H2,1-2H3;3-5H,1-2H3,(H2,10,11,12,13,15)/t13?,14?,15-;/m0./s1. The second kappa shape index (κ2) is 10.3. The molecule has 2 amide bonds. The first-order valence-corrected chi connectivity index (χ1v) is 11.1. The van der Waals surface area contributed by atoms with E-state index in [-0.39, 0.29) is 12.5 Å². The van der Waals surface area contributed by atoms with Gasteiger partial charge in [-0.15, -0.1) is 0 Å². The topological polar surface area (TPSA) is 135 Å². The third-order valence-electron chi connectivity index (χ3n) is 5.95. The summed E-state index contributed by atoms with van der Waals surface area (Å²) in [6.45, 7) is 3.51. The number of hydrogen-bond donors (Lipinski definition) is 5. The van der Waals surface area contributed by atoms with Gasteiger partial charge < -0.3 is 25.2 Å². The lowest BCUT2D eigenvalue weighted by molar-refractivity contribution is -0.0505. The number of aliphatic hydroxyl groups is 3. The van der Waals surface area contributed by atoms with E-state index in [1.807, 2.05) is 31.2 Å². The van der Waals surface area contributed by atoms with Crippen molar-refractivity contribution in [2.24, 2.45) is 0 Å². The van der Waals surface area contributed by atoms with Gasteiger partial charge in [0.1, 0.15) is 17.8 Å². The average Bonchev–Trinajstić information content (AvgIpc) is 3.24. The summed E-state index contributed by atoms with van der Waals surface area (Å²) in [4.78, 5) is 23.8. The first-order chi connectivity index (χ1) is 15.6. The van der Waals surface area contributed by atoms with E-state index in [1.54, 1.807) is 27.2 Å². The number of aromatic nitrogens is 3. The maximum atomic E-state index is 11.4. The van der Waals surface area contributed by atoms with Crippen LogP contribution in [-0.2, 0) is 18.4 Å². The van der Waals surface area contributed by atoms with Crippen molar-refractivity contribution in [1.29, 1.82) is 0 Å². The van der Waals surface area contributed by atoms with E-state index in [9.17, 15) is 20.1 Å². The summed E-state index contributed by atoms with van der Waals surface area (Å²) in [6, 6.07) is 7.59. The van der Waals surface area contributed by atoms with Crippen molar-refractivity contribution in [3.8, 4) is 0 Å². The quantitative estimate of drug-likeness (QED) is 0.388. The van der Waals surface area contributed by atoms with Crippen molar-refractivity contribution in [3.63, 3.8) is 0 Å². The monoisotopic (exact) mass is 455 g/mol. The number of aliphatic hydroxyl groups excluding tert-OH is 2. The van der Waals surface area contributed by atoms with Crippen LogP contribution >= 0.6 is 0 Å². The molecular formula is C24H33N5O4. The number of urea groups is 1. The lowest BCUT2D eigenvalue weighted by atomic mass is 9.81. The Morgan fingerprint density at radius 3 is 2.52 bits per heavy atom. The molecule has 9 heteroatoms. The molecule has 2 unspecified atom stereocenters. The van der Waals surface area contributed by atoms with E-state index in [2.05, 4.69) is 20.3 Å². The summed E-state index contributed by atoms with van der Waals surface area (Å²) in [6.07, 6.45) is 4.32. The van der Waals surface area contributed by atoms with Crippen LogP contribution in [0.4, 0.5) is 10.6 Å². The van der Waals surface area contributed by atoms with Gasteiger partial charge in [-0.2, -0.15) is 0 Å². The van der Waals surface area contributed by atoms with Crippen LogP contribution in [0, 0.1) is 0 Å². The minimum Gasteiger partial charge on any atom is -0.390 e. The summed E-state index contributed by atoms with van der Waals surface area (Å²) in [5.41, 5.74) is 3.07. The number of nitrogens with one attached hydrogen (secondary N) is 2. The second-order valence-electron chi connectivity index (χ2n) is 8.79. The summed E-state index contributed by atoms with van der Waals surface area (Å²) < 4.78 is 0. The fraction of sp³-hybridized carbons (Fsp3) is 0.458. The van der Waals surface area contributed by atoms with Crippen molar-refractivity contribution in [2.45, 2.75) is 57.3 Å². The lowest BCUT2D eigenvalue weighted by Gasteiger charge is -2.30. The zero-order chi connectivity index (χ0) is 24.2. The molecule has 0 saturated heterocycles. The Kier molecular flexibility index (Phi) is 7.68. The van der Waals surface area contributed by atoms with Gasteiger partial charge in [0.25, 0.3) is 0 Å². The molecule has 0 radical (unpaired) electrons. The number of rotatable bonds is 6. The number of carbonyl (C=O) groups is 1. The van der Waals surface area contributed by atoms with E-state index in [4.69, 9.17) is 0 Å². The molecule has 3 aromatic rings. The molecule has 3 atom stereocenters. The number of H-pyrrole nitrogens is 1. The molecule has 2 aromatic heterocycles. The largest absolute Gasteiger partial charge is 0.390 e. The number of carbonyl (C=O) groups excluding carboxylic acids is 1. The van der Waals surface area contributed by atoms with Crippen molar-refractivity contribution in [2.75, 3.05) is 19.4 Å². The van der Waals surface area contributed by atoms with Crippen molar-refractivity contribution < 1.29 is 20.1 Å². The molecule has 0 bridgehead atoms. The first-order valence-electron chi connectivity index (χ1n) is 11.1. The third-order valence-corrected chi connectivity index (χ3v) is 5.95. The third kappa shape index (κ3) is 5.87. The number of aromatic amines is 1. The second-order valence-corrected chi connectivity index (χ2v) is 8.79. The maximum Gasteiger partial charge on any atom is 0.322 e. The zero-order valence-corrected chi connectivity index (χ0v) is 19.5. The van der Waals surface area contributed by atoms with Gasteiger partial charge in [0.15, 0.2) is 0 Å². The highest BCUT2D eigenvalue weighted by Gasteiger charge is 2.30. The smallest absolute Gasteiger partial charge is 0.322 e. The predicted octanol–water partition coefficient (Wildman–Crippen LogP) is 2.57. The van der Waals surface area contributed by atoms with E-state index < -0.39 is 17.8 Å². The molecule has 0 fully saturated rings. The molecular weight excluding hydrogens is 422 g/mol. The molecule has 33 heavy (non-hydrogen) atoms. The molecule has 2 heterocycles. The van der Waals surface area contributed by atoms with Crippen LogP contribution in [0.3, 0.4) is 0 Å². The van der Waals surface area contributed by atoms with Crippen LogP contribution in [-0.4, -0.2) is 67.5 Å². The van der Waals surface area contributed by atoms with Gasteiger partial charge in [0.2, 0.25) is 0 Å². The van der Waals surface area contributed by atoms with Gasteiger partial charge in [-0.25, -0.2) is 14.8 Å². The SMILES string of the molecule is CCC(O)C(O)C[C@](C)(O)c1ccc2c(c1)CC2.CN(C)C(=O)Nc1ncnc2[nH]ccc12. The van der Waals surface area contributed by atoms with Crippen molar-refractivity contribution in [3.05, 3.63) is 53.5 Å². The molecule has 4 rings (SSSR count). The molecule has 0 spiro atoms. The van der Waals surface area contributed by atoms with Gasteiger partial charge >= 0.3 is 6.03 Å². The fourth-order valence-corrected chi connectivity index (χ4v) is 3.65. The molecule has 0 saturated carbocycles. The maximum absolute atomic E-state index is 11.4. The van der Waals surface area contributed by atoms with Crippen molar-refractivity contribution >= 4 is 22.9 Å². The summed E-state index contributed by atoms with van der Waals surface area (Å²) in [5, 5.41) is 33.4. The van der Waals surface area contributed by atoms with Gasteiger partial charge in [0.05, 0.1) is 23.2 Å². The number of fused-ring (bicyclic) bond motifs is 2. The van der Waals surface area contributed by atoms with E-state index in [0.717, 1.165) is 23.8 Å². The normalized spacial score (nSPS) is 15.8. The summed E-state index contributed by atoms with van der Waals surface area (Å²) in [7, 11) is 3.34. The number of anilines is 1. The highest BCUT2D eigenvalue weighted by molar-refractivity contribution is 5.97. The average molecular weight is 456 g/mol. The van der Waals surface area contributed by atoms with Crippen molar-refractivity contribution in [1.82, 2.24) is 19.9 Å². The van der Waals surface area contributed by atoms with Crippen LogP contribution in [0.15, 0.2) is 36.8 Å². The van der Waals surface area contributed by atoms with E-state index in [0.29, 0.717) is 17.9 Å². The summed E-state index contributed by atoms with van der Waals surface area (Å²) >= 11 is 0. The summed E-state index contributed by atoms with van der Waals surface area (Å²) in [5.74, 6) is 0.514. The Labute approximate surface area is 193 Å². The highest BCUT2D eigenvalue weighted by atomic mass is 16.3. The van der Waals surface area contributed by atoms with Gasteiger partial charge in [-0.05, 0) is 48.9 Å². The van der Waals surface area contributed by atoms with Gasteiger partial charge in [-0.1, -0.05) is 25.1 Å². The number of benzene rings is 1. The van der Waals surface area contributed by atoms with Crippen LogP contribution in [0.2, 0.25) is 0 Å². The molecule has 9 nitrogen and oxygen atoms in total. The molecule has 5 N–H and O–H groups in total. The van der Waals surface area contributed by atoms with E-state index in [1.165, 1.54) is 22.4 Å². The van der Waals surface area contributed by atoms with E-state index >= 15 is 0 Å². The van der Waals surface area contributed by atoms with Gasteiger partial charge in [-0.3, -0.25) is 5.32 Å². The van der Waals surface area contributed by atoms with Crippen LogP contribution in [0.5, 0.6) is 0 Å². The zero-order valence-electron chi connectivity index (χ0n) is 19.5. The minimum absolute atomic E-state index is 0.154. The number of amides is 2. The minimum atomic E-state index is -1.10. The lowest BCUT2D eigenvalue weighted by Crippen LogP contribution is -2.34. The van der Waals surface area contributed by atoms with Crippen LogP contribution in [0.25, 0.3) is 11.0 Å². The molecule has 0 aliphatic heterocycles. The van der Waals surface area contributed by atoms with Gasteiger partial charge in [0, 0.05) is 26.7 Å². The van der Waals surface area contributed by atoms with Crippen LogP contribution < -0.4 is 5.32 Å². The molecule has 1 aliphatic carbocycles. The predicted molar refractivity (Wildman–Crippen MR) is 127 cm³/mol. The molecule has 1 aliphatic rings. The van der Waals surface area contributed by atoms with Crippen LogP contribution in [0.1, 0.15) is 43.4 Å². The first kappa shape index (κ1) is 24.6. The Balaban J connectivity index is 0.000000189. The Bertz CT molecular complexity index is 1100.